The van der Waals surface area contributed by atoms with E-state index in [4.69, 9.17) is 43.8 Å². The Labute approximate surface area is 680 Å². The highest BCUT2D eigenvalue weighted by Crippen LogP contribution is 2.42. The number of aliphatic carboxylic acids is 3. The van der Waals surface area contributed by atoms with E-state index < -0.39 is 82.7 Å². The van der Waals surface area contributed by atoms with E-state index >= 15 is 0 Å². The van der Waals surface area contributed by atoms with Crippen LogP contribution in [0, 0.1) is 34.7 Å². The van der Waals surface area contributed by atoms with Gasteiger partial charge in [0.15, 0.2) is 32.5 Å². The van der Waals surface area contributed by atoms with Gasteiger partial charge in [0.05, 0.1) is 80.7 Å². The molecule has 0 spiro atoms. The number of esters is 3. The average molecular weight is 1800 g/mol. The number of nitrogens with zero attached hydrogens (tertiary/aromatic N) is 9. The van der Waals surface area contributed by atoms with E-state index in [1.807, 2.05) is 16.1 Å². The van der Waals surface area contributed by atoms with E-state index in [-0.39, 0.29) is 24.2 Å². The lowest BCUT2D eigenvalue weighted by molar-refractivity contribution is -0.150. The van der Waals surface area contributed by atoms with Gasteiger partial charge in [0.25, 0.3) is 0 Å². The average Bonchev–Trinajstić information content (AvgIpc) is 1.43. The van der Waals surface area contributed by atoms with Gasteiger partial charge in [-0.25, -0.2) is 42.5 Å². The quantitative estimate of drug-likeness (QED) is 0.0217. The van der Waals surface area contributed by atoms with E-state index in [2.05, 4.69) is 93.4 Å². The molecule has 3 aromatic carbocycles. The lowest BCUT2D eigenvalue weighted by Gasteiger charge is -2.38. The number of amidine groups is 3. The molecule has 8 atom stereocenters. The molecule has 0 radical (unpaired) electrons. The van der Waals surface area contributed by atoms with E-state index in [0.29, 0.717) is 175 Å². The predicted octanol–water partition coefficient (Wildman–Crippen LogP) is 12.0. The molecule has 3 unspecified atom stereocenters. The first-order chi connectivity index (χ1) is 53.1. The minimum absolute atomic E-state index is 0.0289. The van der Waals surface area contributed by atoms with Gasteiger partial charge in [-0.05, 0) is 99.0 Å². The Kier molecular flexibility index (Phi) is 30.8. The fourth-order valence-corrected chi connectivity index (χ4v) is 17.9. The summed E-state index contributed by atoms with van der Waals surface area (Å²) in [7, 11) is 3.95. The van der Waals surface area contributed by atoms with Gasteiger partial charge in [-0.2, -0.15) is 11.8 Å². The minimum Gasteiger partial charge on any atom is -0.481 e. The maximum Gasteiger partial charge on any atom is 0.338 e. The molecular formula is C75H84Br3F3N12O14S4. The molecule has 0 aliphatic carbocycles. The highest BCUT2D eigenvalue weighted by molar-refractivity contribution is 9.11. The van der Waals surface area contributed by atoms with Crippen LogP contribution in [0.25, 0.3) is 0 Å². The van der Waals surface area contributed by atoms with Crippen molar-refractivity contribution >= 4 is 147 Å². The van der Waals surface area contributed by atoms with Crippen LogP contribution in [0.5, 0.6) is 0 Å². The van der Waals surface area contributed by atoms with Gasteiger partial charge >= 0.3 is 35.8 Å². The Morgan fingerprint density at radius 3 is 1.35 bits per heavy atom. The van der Waals surface area contributed by atoms with Crippen LogP contribution in [0.2, 0.25) is 0 Å². The molecule has 3 aromatic heterocycles. The van der Waals surface area contributed by atoms with Gasteiger partial charge < -0.3 is 55.0 Å². The van der Waals surface area contributed by atoms with E-state index in [0.717, 1.165) is 30.9 Å². The number of carboxylic acids is 3. The van der Waals surface area contributed by atoms with Crippen LogP contribution in [0.15, 0.2) is 152 Å². The Morgan fingerprint density at radius 2 is 0.982 bits per heavy atom. The van der Waals surface area contributed by atoms with E-state index in [9.17, 15) is 52.2 Å². The second kappa shape index (κ2) is 39.9. The Morgan fingerprint density at radius 1 is 0.586 bits per heavy atom. The number of hydrogen-bond donors (Lipinski definition) is 6. The highest BCUT2D eigenvalue weighted by atomic mass is 79.9. The van der Waals surface area contributed by atoms with E-state index in [1.54, 1.807) is 76.2 Å². The maximum atomic E-state index is 13.9. The van der Waals surface area contributed by atoms with Gasteiger partial charge in [0.1, 0.15) is 35.6 Å². The summed E-state index contributed by atoms with van der Waals surface area (Å²) in [5.41, 5.74) is 3.75. The first-order valence-corrected chi connectivity index (χ1v) is 41.5. The van der Waals surface area contributed by atoms with Gasteiger partial charge in [-0.15, -0.1) is 34.0 Å². The molecule has 6 aliphatic heterocycles. The second-order valence-electron chi connectivity index (χ2n) is 27.4. The summed E-state index contributed by atoms with van der Waals surface area (Å²) >= 11 is 16.3. The molecule has 6 aliphatic rings. The molecule has 6 N–H and O–H groups in total. The van der Waals surface area contributed by atoms with Crippen LogP contribution in [0.1, 0.15) is 110 Å². The largest absolute Gasteiger partial charge is 0.481 e. The van der Waals surface area contributed by atoms with Crippen LogP contribution < -0.4 is 16.0 Å². The van der Waals surface area contributed by atoms with Gasteiger partial charge in [0.2, 0.25) is 0 Å². The smallest absolute Gasteiger partial charge is 0.338 e. The molecule has 6 aromatic rings. The van der Waals surface area contributed by atoms with Crippen molar-refractivity contribution in [2.24, 2.45) is 32.2 Å². The van der Waals surface area contributed by atoms with Crippen molar-refractivity contribution < 1.29 is 80.9 Å². The predicted molar refractivity (Wildman–Crippen MR) is 426 cm³/mol. The standard InChI is InChI=1S/C26H30BrFN4O5S.C25H28BrFN4O5S.C24H26BrFN4O4S2/c1-15(25(33)34)4-3-5-17-13-32(9-10-37-17)14-20-21(26(35)36-2)22(18-7-6-16(28)12-19(18)27)31-23(30-20)24-29-8-11-38-24;1-25(2,24(33)34)11-15-12-31(7-8-36-15)13-18-19(23(32)35-3)20(16-5-4-14(27)10-17(16)26)30-21(29-18)22-28-6-9-37-22;1-13(23(31)32)9-15-12-35-8-6-30(15)11-18-19(24(33)34-2)20(16-4-3-14(26)10-17(16)25)29-21(28-18)22-27-5-7-36-22/h6-8,11-12,15,17,22H,3-5,9-10,13-14H2,1-2H3,(H,30,31)(H,33,34);4-6,9-10,15,20H,7-8,11-13H2,1-3H3,(H,29,30)(H,33,34);3-5,7,10,13,15,20H,6,8-9,11-12H2,1-2H3,(H,28,29)(H,31,32)/t15?,17-,22+;15?,20-;13?,15-,20+/m101/s1. The highest BCUT2D eigenvalue weighted by Gasteiger charge is 2.41. The van der Waals surface area contributed by atoms with E-state index in [1.165, 1.54) is 91.7 Å². The molecule has 9 heterocycles. The molecule has 36 heteroatoms. The van der Waals surface area contributed by atoms with Crippen LogP contribution in [0.3, 0.4) is 0 Å². The lowest BCUT2D eigenvalue weighted by atomic mass is 9.86. The summed E-state index contributed by atoms with van der Waals surface area (Å²) in [6, 6.07) is 10.6. The number of methoxy groups -OCH3 is 3. The van der Waals surface area contributed by atoms with Crippen LogP contribution in [0.4, 0.5) is 13.2 Å². The molecule has 3 saturated heterocycles. The number of thioether (sulfide) groups is 1. The molecule has 3 fully saturated rings. The molecule has 0 bridgehead atoms. The number of ether oxygens (including phenoxy) is 5. The number of nitrogens with one attached hydrogen (secondary N) is 3. The van der Waals surface area contributed by atoms with Crippen molar-refractivity contribution in [3.63, 3.8) is 0 Å². The monoisotopic (exact) mass is 1800 g/mol. The summed E-state index contributed by atoms with van der Waals surface area (Å²) in [6.07, 6.45) is 7.67. The first kappa shape index (κ1) is 85.8. The third-order valence-electron chi connectivity index (χ3n) is 19.1. The van der Waals surface area contributed by atoms with Gasteiger partial charge in [0, 0.05) is 135 Å². The zero-order chi connectivity index (χ0) is 79.8. The number of rotatable bonds is 26. The van der Waals surface area contributed by atoms with Gasteiger partial charge in [-0.3, -0.25) is 44.1 Å². The van der Waals surface area contributed by atoms with Crippen molar-refractivity contribution in [3.8, 4) is 0 Å². The fraction of sp³-hybridized carbons (Fsp3) is 0.440. The summed E-state index contributed by atoms with van der Waals surface area (Å²) in [5, 5.41) is 45.5. The number of morpholine rings is 2. The number of thiazole rings is 3. The van der Waals surface area contributed by atoms with Crippen LogP contribution >= 0.6 is 93.6 Å². The molecule has 111 heavy (non-hydrogen) atoms. The number of halogens is 6. The molecule has 594 valence electrons. The molecule has 12 rings (SSSR count). The number of aliphatic imine (C=N–C) groups is 3. The number of hydrogen-bond acceptors (Lipinski definition) is 27. The number of aromatic nitrogens is 3. The Balaban J connectivity index is 0.000000177. The zero-order valence-electron chi connectivity index (χ0n) is 61.6. The van der Waals surface area contributed by atoms with Crippen molar-refractivity contribution in [2.75, 3.05) is 98.4 Å². The first-order valence-electron chi connectivity index (χ1n) is 35.3. The molecule has 0 amide bonds. The minimum atomic E-state index is -0.933. The van der Waals surface area contributed by atoms with Crippen molar-refractivity contribution in [3.05, 3.63) is 186 Å². The summed E-state index contributed by atoms with van der Waals surface area (Å²) in [6.45, 7) is 12.0. The maximum absolute atomic E-state index is 13.9. The van der Waals surface area contributed by atoms with Crippen molar-refractivity contribution in [2.45, 2.75) is 96.2 Å². The van der Waals surface area contributed by atoms with Crippen molar-refractivity contribution in [1.82, 2.24) is 45.6 Å². The number of carboxylic acid groups (broad SMARTS) is 3. The number of carbonyl (C=O) groups excluding carboxylic acids is 3. The topological polar surface area (TPSA) is 331 Å². The zero-order valence-corrected chi connectivity index (χ0v) is 69.6. The molecule has 26 nitrogen and oxygen atoms in total. The number of benzene rings is 3. The normalized spacial score (nSPS) is 21.1. The van der Waals surface area contributed by atoms with Crippen molar-refractivity contribution in [1.29, 1.82) is 0 Å². The summed E-state index contributed by atoms with van der Waals surface area (Å²) < 4.78 is 70.4. The fourth-order valence-electron chi connectivity index (χ4n) is 13.3. The third kappa shape index (κ3) is 22.4. The summed E-state index contributed by atoms with van der Waals surface area (Å²) in [5.74, 6) is -2.98. The van der Waals surface area contributed by atoms with Crippen LogP contribution in [-0.4, -0.2) is 215 Å². The molecular weight excluding hydrogens is 1720 g/mol. The number of carbonyl (C=O) groups is 6. The summed E-state index contributed by atoms with van der Waals surface area (Å²) in [4.78, 5) is 108. The third-order valence-corrected chi connectivity index (χ3v) is 24.6. The van der Waals surface area contributed by atoms with Crippen LogP contribution in [-0.2, 0) is 52.5 Å². The Bertz CT molecular complexity index is 4540. The Hall–Kier alpha value is -7.62. The lowest BCUT2D eigenvalue weighted by Crippen LogP contribution is -2.48. The second-order valence-corrected chi connectivity index (χ2v) is 33.8. The molecule has 0 saturated carbocycles. The van der Waals surface area contributed by atoms with Gasteiger partial charge in [-0.1, -0.05) is 79.8 Å². The SMILES string of the molecule is COC(=O)C1=C(CN2CCOC(CC(C)(C)C(=O)O)C2)NC(c2nccs2)=N[C@H]1c1ccc(F)cc1Br.COC(=O)C1=C(CN2CCO[C@H](CCCC(C)C(=O)O)C2)NC(c2nccs2)=N[C@H]1c1ccc(F)cc1Br.COC(=O)C1=C(CN2CCSC[C@H]2CC(C)C(=O)O)NC(c2nccs2)=N[C@H]1c1ccc(F)cc1Br.